The first kappa shape index (κ1) is 18.9. The normalized spacial score (nSPS) is 15.2. The maximum absolute atomic E-state index is 13.5. The Morgan fingerprint density at radius 1 is 0.875 bits per heavy atom. The van der Waals surface area contributed by atoms with E-state index in [-0.39, 0.29) is 18.1 Å². The van der Waals surface area contributed by atoms with Gasteiger partial charge in [-0.15, -0.1) is 0 Å². The van der Waals surface area contributed by atoms with Gasteiger partial charge in [0.25, 0.3) is 17.4 Å². The van der Waals surface area contributed by atoms with Crippen LogP contribution >= 0.6 is 0 Å². The lowest BCUT2D eigenvalue weighted by molar-refractivity contribution is 0.0406. The van der Waals surface area contributed by atoms with E-state index in [0.29, 0.717) is 49.4 Å². The van der Waals surface area contributed by atoms with Gasteiger partial charge in [-0.25, -0.2) is 4.98 Å². The van der Waals surface area contributed by atoms with Crippen LogP contribution in [0.3, 0.4) is 0 Å². The van der Waals surface area contributed by atoms with Crippen LogP contribution in [0.4, 0.5) is 0 Å². The average Bonchev–Trinajstić information content (AvgIpc) is 3.18. The van der Waals surface area contributed by atoms with Crippen molar-refractivity contribution in [3.05, 3.63) is 70.0 Å². The summed E-state index contributed by atoms with van der Waals surface area (Å²) in [4.78, 5) is 46.1. The first-order chi connectivity index (χ1) is 15.4. The highest BCUT2D eigenvalue weighted by atomic mass is 16.3. The third-order valence-corrected chi connectivity index (χ3v) is 6.58. The van der Waals surface area contributed by atoms with Gasteiger partial charge in [0.05, 0.1) is 23.7 Å². The van der Waals surface area contributed by atoms with Crippen molar-refractivity contribution in [1.29, 1.82) is 0 Å². The van der Waals surface area contributed by atoms with Crippen LogP contribution in [0.5, 0.6) is 0 Å². The number of hydrogen-bond donors (Lipinski definition) is 1. The molecule has 6 rings (SSSR count). The molecule has 0 radical (unpaired) electrons. The van der Waals surface area contributed by atoms with Crippen LogP contribution in [0, 0.1) is 5.92 Å². The van der Waals surface area contributed by atoms with E-state index in [1.807, 2.05) is 38.1 Å². The van der Waals surface area contributed by atoms with Crippen molar-refractivity contribution in [3.63, 3.8) is 0 Å². The highest BCUT2D eigenvalue weighted by Crippen LogP contribution is 2.38. The van der Waals surface area contributed by atoms with E-state index in [9.17, 15) is 19.5 Å². The largest absolute Gasteiger partial charge is 0.394 e. The Balaban J connectivity index is 1.76. The molecule has 5 aromatic rings. The van der Waals surface area contributed by atoms with Gasteiger partial charge in [-0.05, 0) is 42.3 Å². The zero-order chi connectivity index (χ0) is 22.3. The molecule has 0 saturated carbocycles. The van der Waals surface area contributed by atoms with Gasteiger partial charge in [0.15, 0.2) is 0 Å². The lowest BCUT2D eigenvalue weighted by Gasteiger charge is -2.35. The average molecular weight is 425 g/mol. The summed E-state index contributed by atoms with van der Waals surface area (Å²) in [5, 5.41) is 12.1. The summed E-state index contributed by atoms with van der Waals surface area (Å²) in [6, 6.07) is 13.6. The van der Waals surface area contributed by atoms with Crippen LogP contribution in [0.1, 0.15) is 34.6 Å². The lowest BCUT2D eigenvalue weighted by Crippen LogP contribution is -2.51. The van der Waals surface area contributed by atoms with E-state index in [4.69, 9.17) is 0 Å². The first-order valence-corrected chi connectivity index (χ1v) is 10.5. The number of rotatable bonds is 3. The van der Waals surface area contributed by atoms with Crippen molar-refractivity contribution >= 4 is 50.0 Å². The molecule has 7 nitrogen and oxygen atoms in total. The van der Waals surface area contributed by atoms with Crippen molar-refractivity contribution in [2.75, 3.05) is 6.61 Å². The number of hydrogen-bond acceptors (Lipinski definition) is 5. The molecule has 3 aromatic carbocycles. The second-order valence-electron chi connectivity index (χ2n) is 8.61. The molecule has 2 amide bonds. The predicted molar refractivity (Wildman–Crippen MR) is 121 cm³/mol. The summed E-state index contributed by atoms with van der Waals surface area (Å²) < 4.78 is 1.59. The van der Waals surface area contributed by atoms with Gasteiger partial charge in [0.1, 0.15) is 5.65 Å². The molecule has 7 heteroatoms. The molecule has 0 aliphatic carbocycles. The van der Waals surface area contributed by atoms with Crippen LogP contribution in [0.15, 0.2) is 53.3 Å². The van der Waals surface area contributed by atoms with Crippen LogP contribution in [0.25, 0.3) is 38.2 Å². The fraction of sp³-hybridized carbons (Fsp3) is 0.200. The van der Waals surface area contributed by atoms with E-state index in [2.05, 4.69) is 4.98 Å². The summed E-state index contributed by atoms with van der Waals surface area (Å²) in [7, 11) is 0. The molecule has 0 bridgehead atoms. The summed E-state index contributed by atoms with van der Waals surface area (Å²) in [6.45, 7) is 3.41. The zero-order valence-corrected chi connectivity index (χ0v) is 17.5. The van der Waals surface area contributed by atoms with Crippen molar-refractivity contribution in [1.82, 2.24) is 14.3 Å². The van der Waals surface area contributed by atoms with E-state index < -0.39 is 17.9 Å². The maximum atomic E-state index is 13.5. The Bertz CT molecular complexity index is 1650. The summed E-state index contributed by atoms with van der Waals surface area (Å²) in [5.41, 5.74) is 2.41. The Hall–Kier alpha value is -3.84. The smallest absolute Gasteiger partial charge is 0.264 e. The molecule has 32 heavy (non-hydrogen) atoms. The van der Waals surface area contributed by atoms with Gasteiger partial charge >= 0.3 is 0 Å². The van der Waals surface area contributed by atoms with Gasteiger partial charge in [0, 0.05) is 32.7 Å². The monoisotopic (exact) mass is 425 g/mol. The highest BCUT2D eigenvalue weighted by Gasteiger charge is 2.39. The molecular weight excluding hydrogens is 406 g/mol. The number of amides is 2. The third-order valence-electron chi connectivity index (χ3n) is 6.58. The van der Waals surface area contributed by atoms with Crippen molar-refractivity contribution in [2.45, 2.75) is 19.9 Å². The van der Waals surface area contributed by atoms with Gasteiger partial charge < -0.3 is 5.11 Å². The Kier molecular flexibility index (Phi) is 3.74. The molecule has 0 spiro atoms. The molecule has 1 aliphatic rings. The molecule has 1 atom stereocenters. The number of pyridine rings is 1. The fourth-order valence-corrected chi connectivity index (χ4v) is 4.99. The minimum atomic E-state index is -0.628. The van der Waals surface area contributed by atoms with Gasteiger partial charge in [0.2, 0.25) is 0 Å². The van der Waals surface area contributed by atoms with E-state index in [0.717, 1.165) is 4.90 Å². The molecule has 3 heterocycles. The van der Waals surface area contributed by atoms with E-state index >= 15 is 0 Å². The number of aliphatic hydroxyl groups is 1. The summed E-state index contributed by atoms with van der Waals surface area (Å²) in [5.74, 6) is -1.01. The maximum Gasteiger partial charge on any atom is 0.264 e. The number of aliphatic hydroxyl groups excluding tert-OH is 1. The third kappa shape index (κ3) is 2.18. The van der Waals surface area contributed by atoms with Gasteiger partial charge in [-0.3, -0.25) is 23.7 Å². The summed E-state index contributed by atoms with van der Waals surface area (Å²) >= 11 is 0. The molecule has 1 unspecified atom stereocenters. The molecule has 1 aliphatic heterocycles. The topological polar surface area (TPSA) is 92.0 Å². The molecule has 2 aromatic heterocycles. The molecule has 0 saturated heterocycles. The summed E-state index contributed by atoms with van der Waals surface area (Å²) in [6.07, 6.45) is 0. The number of carbonyl (C=O) groups excluding carboxylic acids is 2. The fourth-order valence-electron chi connectivity index (χ4n) is 4.99. The second kappa shape index (κ2) is 6.34. The lowest BCUT2D eigenvalue weighted by atomic mass is 9.88. The van der Waals surface area contributed by atoms with Crippen LogP contribution in [-0.4, -0.2) is 43.9 Å². The highest BCUT2D eigenvalue weighted by molar-refractivity contribution is 6.31. The number of imide groups is 1. The van der Waals surface area contributed by atoms with Crippen LogP contribution in [0.2, 0.25) is 0 Å². The minimum Gasteiger partial charge on any atom is -0.394 e. The second-order valence-corrected chi connectivity index (χ2v) is 8.61. The van der Waals surface area contributed by atoms with E-state index in [1.165, 1.54) is 0 Å². The number of benzene rings is 3. The van der Waals surface area contributed by atoms with Crippen molar-refractivity contribution in [3.8, 4) is 0 Å². The number of aromatic nitrogens is 2. The van der Waals surface area contributed by atoms with Crippen LogP contribution in [-0.2, 0) is 0 Å². The predicted octanol–water partition coefficient (Wildman–Crippen LogP) is 3.20. The minimum absolute atomic E-state index is 0.108. The number of nitrogens with zero attached hydrogens (tertiary/aromatic N) is 3. The quantitative estimate of drug-likeness (QED) is 0.448. The standard InChI is InChI=1S/C25H19N3O4/c1-12(2)19(11-29)28-24(31)15-8-7-13-20-14(9-10-16(21(15)20)25(28)32)23(30)27-18-6-4-3-5-17(18)26-22(13)27/h3-10,12,19,29H,11H2,1-2H3. The SMILES string of the molecule is CC(C)C(CO)N1C(=O)c2ccc3c(=O)n4c5ccccc5nc4c4ccc(c2c34)C1=O. The molecule has 1 N–H and O–H groups in total. The number of para-hydroxylation sites is 2. The Morgan fingerprint density at radius 2 is 1.53 bits per heavy atom. The Labute approximate surface area is 181 Å². The van der Waals surface area contributed by atoms with Crippen molar-refractivity contribution < 1.29 is 14.7 Å². The number of carbonyl (C=O) groups is 2. The number of fused-ring (bicyclic) bond motifs is 4. The Morgan fingerprint density at radius 3 is 2.19 bits per heavy atom. The molecule has 0 fully saturated rings. The first-order valence-electron chi connectivity index (χ1n) is 10.5. The van der Waals surface area contributed by atoms with Gasteiger partial charge in [-0.1, -0.05) is 26.0 Å². The van der Waals surface area contributed by atoms with E-state index in [1.54, 1.807) is 28.7 Å². The number of imidazole rings is 1. The molecular formula is C25H19N3O4. The van der Waals surface area contributed by atoms with Gasteiger partial charge in [-0.2, -0.15) is 0 Å². The zero-order valence-electron chi connectivity index (χ0n) is 17.5. The van der Waals surface area contributed by atoms with Crippen LogP contribution < -0.4 is 5.56 Å². The molecule has 158 valence electrons. The van der Waals surface area contributed by atoms with Crippen molar-refractivity contribution in [2.24, 2.45) is 5.92 Å².